The number of nitrogens with one attached hydrogen (secondary N) is 1. The van der Waals surface area contributed by atoms with E-state index in [1.165, 1.54) is 6.07 Å². The number of ether oxygens (including phenoxy) is 3. The molecular formula is C29H34FN5O4. The lowest BCUT2D eigenvalue weighted by molar-refractivity contribution is 0.0497. The zero-order valence-electron chi connectivity index (χ0n) is 22.7. The molecule has 10 heteroatoms. The molecule has 1 aliphatic heterocycles. The predicted molar refractivity (Wildman–Crippen MR) is 148 cm³/mol. The van der Waals surface area contributed by atoms with Crippen LogP contribution in [-0.4, -0.2) is 65.5 Å². The summed E-state index contributed by atoms with van der Waals surface area (Å²) < 4.78 is 32.7. The molecule has 1 aromatic carbocycles. The van der Waals surface area contributed by atoms with E-state index in [1.807, 2.05) is 55.6 Å². The van der Waals surface area contributed by atoms with Gasteiger partial charge in [-0.3, -0.25) is 4.40 Å². The summed E-state index contributed by atoms with van der Waals surface area (Å²) in [7, 11) is 1.63. The van der Waals surface area contributed by atoms with Gasteiger partial charge in [0.1, 0.15) is 29.4 Å². The summed E-state index contributed by atoms with van der Waals surface area (Å²) in [6.45, 7) is 7.81. The number of carbonyl (C=O) groups is 1. The molecular weight excluding hydrogens is 501 g/mol. The van der Waals surface area contributed by atoms with Crippen LogP contribution in [0.3, 0.4) is 0 Å². The molecule has 4 heterocycles. The number of anilines is 1. The Kier molecular flexibility index (Phi) is 7.56. The number of rotatable bonds is 7. The Balaban J connectivity index is 1.37. The maximum Gasteiger partial charge on any atom is 0.407 e. The van der Waals surface area contributed by atoms with E-state index in [1.54, 1.807) is 19.4 Å². The lowest BCUT2D eigenvalue weighted by atomic mass is 10.0. The van der Waals surface area contributed by atoms with E-state index in [4.69, 9.17) is 19.2 Å². The van der Waals surface area contributed by atoms with Crippen LogP contribution in [0.1, 0.15) is 33.6 Å². The molecule has 0 atom stereocenters. The molecule has 1 fully saturated rings. The normalized spacial score (nSPS) is 14.6. The monoisotopic (exact) mass is 535 g/mol. The number of imidazole rings is 1. The van der Waals surface area contributed by atoms with Gasteiger partial charge in [0.15, 0.2) is 0 Å². The van der Waals surface area contributed by atoms with Crippen molar-refractivity contribution in [2.24, 2.45) is 0 Å². The van der Waals surface area contributed by atoms with Crippen molar-refractivity contribution in [2.75, 3.05) is 38.3 Å². The van der Waals surface area contributed by atoms with Gasteiger partial charge in [0.05, 0.1) is 35.4 Å². The van der Waals surface area contributed by atoms with Gasteiger partial charge in [-0.15, -0.1) is 0 Å². The Bertz CT molecular complexity index is 1470. The van der Waals surface area contributed by atoms with Gasteiger partial charge in [-0.2, -0.15) is 0 Å². The fourth-order valence-electron chi connectivity index (χ4n) is 4.79. The number of hydrogen-bond donors (Lipinski definition) is 1. The van der Waals surface area contributed by atoms with Crippen LogP contribution in [0.15, 0.2) is 48.8 Å². The number of benzene rings is 1. The number of amides is 1. The van der Waals surface area contributed by atoms with Gasteiger partial charge in [-0.1, -0.05) is 6.07 Å². The molecule has 9 nitrogen and oxygen atoms in total. The van der Waals surface area contributed by atoms with Crippen molar-refractivity contribution in [3.63, 3.8) is 0 Å². The number of carbonyl (C=O) groups excluding carboxylic acids is 1. The molecule has 0 saturated carbocycles. The Labute approximate surface area is 226 Å². The molecule has 206 valence electrons. The number of hydrogen-bond acceptors (Lipinski definition) is 7. The van der Waals surface area contributed by atoms with Crippen LogP contribution in [-0.2, 0) is 9.47 Å². The zero-order valence-corrected chi connectivity index (χ0v) is 22.7. The van der Waals surface area contributed by atoms with E-state index >= 15 is 0 Å². The average Bonchev–Trinajstić information content (AvgIpc) is 3.31. The number of halogens is 1. The third-order valence-corrected chi connectivity index (χ3v) is 6.60. The van der Waals surface area contributed by atoms with E-state index in [-0.39, 0.29) is 11.9 Å². The number of aromatic nitrogens is 3. The predicted octanol–water partition coefficient (Wildman–Crippen LogP) is 5.21. The molecule has 5 rings (SSSR count). The summed E-state index contributed by atoms with van der Waals surface area (Å²) in [5.74, 6) is 0.405. The lowest BCUT2D eigenvalue weighted by Crippen LogP contribution is -2.46. The molecule has 39 heavy (non-hydrogen) atoms. The number of alkyl carbamates (subject to hydrolysis) is 1. The van der Waals surface area contributed by atoms with Crippen molar-refractivity contribution in [1.29, 1.82) is 0 Å². The first-order valence-electron chi connectivity index (χ1n) is 13.1. The minimum absolute atomic E-state index is 0.000898. The highest BCUT2D eigenvalue weighted by molar-refractivity contribution is 5.92. The number of piperidine rings is 1. The summed E-state index contributed by atoms with van der Waals surface area (Å²) in [5.41, 5.74) is 3.21. The van der Waals surface area contributed by atoms with E-state index in [2.05, 4.69) is 15.2 Å². The number of fused-ring (bicyclic) bond motifs is 2. The third-order valence-electron chi connectivity index (χ3n) is 6.60. The van der Waals surface area contributed by atoms with Crippen molar-refractivity contribution < 1.29 is 23.4 Å². The van der Waals surface area contributed by atoms with Crippen LogP contribution < -0.4 is 15.0 Å². The second-order valence-corrected chi connectivity index (χ2v) is 10.7. The molecule has 4 aromatic rings. The molecule has 1 aliphatic rings. The highest BCUT2D eigenvalue weighted by Crippen LogP contribution is 2.32. The van der Waals surface area contributed by atoms with Gasteiger partial charge in [0.2, 0.25) is 0 Å². The molecule has 1 saturated heterocycles. The summed E-state index contributed by atoms with van der Waals surface area (Å²) >= 11 is 0. The van der Waals surface area contributed by atoms with Crippen LogP contribution in [0.25, 0.3) is 27.9 Å². The maximum atomic E-state index is 14.6. The van der Waals surface area contributed by atoms with Crippen LogP contribution in [0.2, 0.25) is 0 Å². The van der Waals surface area contributed by atoms with Crippen molar-refractivity contribution in [3.05, 3.63) is 54.6 Å². The van der Waals surface area contributed by atoms with Gasteiger partial charge in [-0.05, 0) is 57.9 Å². The first kappa shape index (κ1) is 26.7. The average molecular weight is 536 g/mol. The molecule has 0 aliphatic carbocycles. The third kappa shape index (κ3) is 6.22. The highest BCUT2D eigenvalue weighted by Gasteiger charge is 2.25. The molecule has 0 radical (unpaired) electrons. The first-order valence-corrected chi connectivity index (χ1v) is 13.1. The van der Waals surface area contributed by atoms with Crippen LogP contribution in [0.5, 0.6) is 5.75 Å². The SMILES string of the molecule is COCCOc1ccn2c(-c3ccc4cc(F)cc(N5CCC(NC(=O)OC(C)(C)C)CC5)c4n3)cnc2c1. The maximum absolute atomic E-state index is 14.6. The fraction of sp³-hybridized carbons (Fsp3) is 0.414. The Hall–Kier alpha value is -3.92. The molecule has 1 amide bonds. The number of pyridine rings is 2. The summed E-state index contributed by atoms with van der Waals surface area (Å²) in [5, 5.41) is 3.68. The Morgan fingerprint density at radius 2 is 1.92 bits per heavy atom. The van der Waals surface area contributed by atoms with Crippen LogP contribution >= 0.6 is 0 Å². The molecule has 3 aromatic heterocycles. The van der Waals surface area contributed by atoms with Gasteiger partial charge < -0.3 is 24.4 Å². The quantitative estimate of drug-likeness (QED) is 0.325. The van der Waals surface area contributed by atoms with Crippen molar-refractivity contribution in [1.82, 2.24) is 19.7 Å². The van der Waals surface area contributed by atoms with Gasteiger partial charge in [0, 0.05) is 43.9 Å². The molecule has 0 unspecified atom stereocenters. The minimum Gasteiger partial charge on any atom is -0.491 e. The van der Waals surface area contributed by atoms with Crippen LogP contribution in [0.4, 0.5) is 14.9 Å². The van der Waals surface area contributed by atoms with Crippen molar-refractivity contribution in [3.8, 4) is 17.1 Å². The zero-order chi connectivity index (χ0) is 27.6. The largest absolute Gasteiger partial charge is 0.491 e. The lowest BCUT2D eigenvalue weighted by Gasteiger charge is -2.34. The second-order valence-electron chi connectivity index (χ2n) is 10.7. The number of methoxy groups -OCH3 is 1. The fourth-order valence-corrected chi connectivity index (χ4v) is 4.79. The van der Waals surface area contributed by atoms with Gasteiger partial charge >= 0.3 is 6.09 Å². The Morgan fingerprint density at radius 3 is 2.67 bits per heavy atom. The van der Waals surface area contributed by atoms with Crippen LogP contribution in [0, 0.1) is 5.82 Å². The van der Waals surface area contributed by atoms with Crippen molar-refractivity contribution in [2.45, 2.75) is 45.3 Å². The Morgan fingerprint density at radius 1 is 1.13 bits per heavy atom. The standard InChI is InChI=1S/C29H34FN5O4/c1-29(2,3)39-28(36)32-21-7-10-34(11-8-21)24-16-20(30)15-19-5-6-23(33-27(19)24)25-18-31-26-17-22(9-12-35(25)26)38-14-13-37-4/h5-6,9,12,15-18,21H,7-8,10-11,13-14H2,1-4H3,(H,32,36). The summed E-state index contributed by atoms with van der Waals surface area (Å²) in [6, 6.07) is 10.6. The summed E-state index contributed by atoms with van der Waals surface area (Å²) in [6.07, 6.45) is 4.71. The van der Waals surface area contributed by atoms with Crippen molar-refractivity contribution >= 4 is 28.3 Å². The molecule has 0 bridgehead atoms. The molecule has 0 spiro atoms. The van der Waals surface area contributed by atoms with E-state index in [0.717, 1.165) is 46.5 Å². The highest BCUT2D eigenvalue weighted by atomic mass is 19.1. The topological polar surface area (TPSA) is 90.2 Å². The minimum atomic E-state index is -0.546. The number of nitrogens with zero attached hydrogens (tertiary/aromatic N) is 4. The van der Waals surface area contributed by atoms with E-state index < -0.39 is 11.7 Å². The molecule has 1 N–H and O–H groups in total. The van der Waals surface area contributed by atoms with Gasteiger partial charge in [0.25, 0.3) is 0 Å². The second kappa shape index (κ2) is 11.1. The first-order chi connectivity index (χ1) is 18.7. The summed E-state index contributed by atoms with van der Waals surface area (Å²) in [4.78, 5) is 23.8. The van der Waals surface area contributed by atoms with E-state index in [9.17, 15) is 9.18 Å². The van der Waals surface area contributed by atoms with E-state index in [0.29, 0.717) is 32.1 Å². The smallest absolute Gasteiger partial charge is 0.407 e. The van der Waals surface area contributed by atoms with Gasteiger partial charge in [-0.25, -0.2) is 19.2 Å².